The Balaban J connectivity index is 2.30. The molecule has 0 aliphatic heterocycles. The molecule has 0 saturated heterocycles. The predicted octanol–water partition coefficient (Wildman–Crippen LogP) is 3.40. The lowest BCUT2D eigenvalue weighted by Crippen LogP contribution is -2.15. The number of hydrogen-bond donors (Lipinski definition) is 0. The molecule has 1 heterocycles. The zero-order chi connectivity index (χ0) is 13.0. The molecule has 0 fully saturated rings. The van der Waals surface area contributed by atoms with Gasteiger partial charge in [0.15, 0.2) is 0 Å². The summed E-state index contributed by atoms with van der Waals surface area (Å²) >= 11 is 3.41. The fraction of sp³-hybridized carbons (Fsp3) is 0.214. The highest BCUT2D eigenvalue weighted by Gasteiger charge is 2.17. The Morgan fingerprint density at radius 3 is 2.44 bits per heavy atom. The normalized spacial score (nSPS) is 12.1. The van der Waals surface area contributed by atoms with Gasteiger partial charge < -0.3 is 9.30 Å². The van der Waals surface area contributed by atoms with Gasteiger partial charge in [0.2, 0.25) is 0 Å². The summed E-state index contributed by atoms with van der Waals surface area (Å²) in [6, 6.07) is 11.8. The standard InChI is InChI=1S/C14H14BrNO2/c1-18-14(17)10-13(16-8-2-3-9-16)11-4-6-12(15)7-5-11/h2-9,13H,10H2,1H3. The van der Waals surface area contributed by atoms with Gasteiger partial charge in [0.05, 0.1) is 19.6 Å². The number of esters is 1. The summed E-state index contributed by atoms with van der Waals surface area (Å²) in [5.41, 5.74) is 1.08. The Bertz CT molecular complexity index is 505. The number of halogens is 1. The molecule has 1 atom stereocenters. The van der Waals surface area contributed by atoms with Crippen molar-refractivity contribution in [2.24, 2.45) is 0 Å². The number of nitrogens with zero attached hydrogens (tertiary/aromatic N) is 1. The van der Waals surface area contributed by atoms with Gasteiger partial charge in [-0.25, -0.2) is 0 Å². The largest absolute Gasteiger partial charge is 0.469 e. The first-order valence-corrected chi connectivity index (χ1v) is 6.44. The third kappa shape index (κ3) is 3.01. The number of benzene rings is 1. The van der Waals surface area contributed by atoms with Gasteiger partial charge in [0.25, 0.3) is 0 Å². The molecule has 94 valence electrons. The van der Waals surface area contributed by atoms with Crippen LogP contribution in [0, 0.1) is 0 Å². The second-order valence-corrected chi connectivity index (χ2v) is 4.89. The summed E-state index contributed by atoms with van der Waals surface area (Å²) in [6.07, 6.45) is 4.23. The smallest absolute Gasteiger partial charge is 0.307 e. The second-order valence-electron chi connectivity index (χ2n) is 3.98. The van der Waals surface area contributed by atoms with E-state index in [4.69, 9.17) is 4.74 Å². The lowest BCUT2D eigenvalue weighted by Gasteiger charge is -2.18. The molecule has 0 aliphatic carbocycles. The minimum atomic E-state index is -0.211. The molecule has 0 aliphatic rings. The number of aromatic nitrogens is 1. The molecule has 0 spiro atoms. The van der Waals surface area contributed by atoms with Crippen LogP contribution in [0.1, 0.15) is 18.0 Å². The van der Waals surface area contributed by atoms with Gasteiger partial charge in [0, 0.05) is 16.9 Å². The van der Waals surface area contributed by atoms with Crippen molar-refractivity contribution in [3.63, 3.8) is 0 Å². The molecular weight excluding hydrogens is 294 g/mol. The van der Waals surface area contributed by atoms with Crippen molar-refractivity contribution < 1.29 is 9.53 Å². The fourth-order valence-corrected chi connectivity index (χ4v) is 2.14. The molecule has 1 aromatic carbocycles. The Labute approximate surface area is 115 Å². The van der Waals surface area contributed by atoms with E-state index in [-0.39, 0.29) is 12.0 Å². The number of hydrogen-bond acceptors (Lipinski definition) is 2. The van der Waals surface area contributed by atoms with Crippen molar-refractivity contribution in [2.75, 3.05) is 7.11 Å². The van der Waals surface area contributed by atoms with Crippen LogP contribution in [0.15, 0.2) is 53.3 Å². The van der Waals surface area contributed by atoms with E-state index in [0.717, 1.165) is 10.0 Å². The van der Waals surface area contributed by atoms with Crippen LogP contribution in [0.4, 0.5) is 0 Å². The van der Waals surface area contributed by atoms with Crippen LogP contribution in [-0.2, 0) is 9.53 Å². The number of carbonyl (C=O) groups excluding carboxylic acids is 1. The molecule has 2 aromatic rings. The topological polar surface area (TPSA) is 31.2 Å². The molecule has 2 rings (SSSR count). The van der Waals surface area contributed by atoms with E-state index in [1.807, 2.05) is 53.4 Å². The summed E-state index contributed by atoms with van der Waals surface area (Å²) < 4.78 is 7.80. The minimum absolute atomic E-state index is 0.0273. The molecule has 1 unspecified atom stereocenters. The first-order valence-electron chi connectivity index (χ1n) is 5.65. The zero-order valence-electron chi connectivity index (χ0n) is 10.0. The minimum Gasteiger partial charge on any atom is -0.469 e. The average Bonchev–Trinajstić information content (AvgIpc) is 2.90. The van der Waals surface area contributed by atoms with E-state index in [0.29, 0.717) is 6.42 Å². The van der Waals surface area contributed by atoms with Crippen LogP contribution in [0.2, 0.25) is 0 Å². The summed E-state index contributed by atoms with van der Waals surface area (Å²) in [4.78, 5) is 11.5. The van der Waals surface area contributed by atoms with Gasteiger partial charge in [-0.05, 0) is 29.8 Å². The third-order valence-corrected chi connectivity index (χ3v) is 3.36. The molecule has 1 aromatic heterocycles. The Morgan fingerprint density at radius 1 is 1.28 bits per heavy atom. The molecule has 0 radical (unpaired) electrons. The lowest BCUT2D eigenvalue weighted by molar-refractivity contribution is -0.141. The Morgan fingerprint density at radius 2 is 1.89 bits per heavy atom. The molecular formula is C14H14BrNO2. The van der Waals surface area contributed by atoms with E-state index >= 15 is 0 Å². The van der Waals surface area contributed by atoms with E-state index in [2.05, 4.69) is 15.9 Å². The number of carbonyl (C=O) groups is 1. The lowest BCUT2D eigenvalue weighted by atomic mass is 10.0. The SMILES string of the molecule is COC(=O)CC(c1ccc(Br)cc1)n1cccc1. The van der Waals surface area contributed by atoms with Crippen LogP contribution < -0.4 is 0 Å². The van der Waals surface area contributed by atoms with E-state index in [9.17, 15) is 4.79 Å². The summed E-state index contributed by atoms with van der Waals surface area (Å²) in [6.45, 7) is 0. The van der Waals surface area contributed by atoms with Crippen molar-refractivity contribution in [1.29, 1.82) is 0 Å². The summed E-state index contributed by atoms with van der Waals surface area (Å²) in [5, 5.41) is 0. The van der Waals surface area contributed by atoms with E-state index < -0.39 is 0 Å². The quantitative estimate of drug-likeness (QED) is 0.811. The van der Waals surface area contributed by atoms with Crippen molar-refractivity contribution >= 4 is 21.9 Å². The van der Waals surface area contributed by atoms with Gasteiger partial charge in [-0.1, -0.05) is 28.1 Å². The first kappa shape index (κ1) is 12.9. The van der Waals surface area contributed by atoms with Gasteiger partial charge in [-0.2, -0.15) is 0 Å². The average molecular weight is 308 g/mol. The highest BCUT2D eigenvalue weighted by molar-refractivity contribution is 9.10. The van der Waals surface area contributed by atoms with Crippen LogP contribution in [0.25, 0.3) is 0 Å². The molecule has 3 nitrogen and oxygen atoms in total. The predicted molar refractivity (Wildman–Crippen MR) is 73.3 cm³/mol. The van der Waals surface area contributed by atoms with Crippen LogP contribution in [-0.4, -0.2) is 17.6 Å². The molecule has 18 heavy (non-hydrogen) atoms. The van der Waals surface area contributed by atoms with Crippen LogP contribution >= 0.6 is 15.9 Å². The Hall–Kier alpha value is -1.55. The maximum Gasteiger partial charge on any atom is 0.307 e. The van der Waals surface area contributed by atoms with Gasteiger partial charge in [-0.15, -0.1) is 0 Å². The van der Waals surface area contributed by atoms with Crippen molar-refractivity contribution in [3.05, 3.63) is 58.8 Å². The first-order chi connectivity index (χ1) is 8.70. The highest BCUT2D eigenvalue weighted by Crippen LogP contribution is 2.24. The molecule has 0 N–H and O–H groups in total. The number of ether oxygens (including phenoxy) is 1. The summed E-state index contributed by atoms with van der Waals surface area (Å²) in [7, 11) is 1.41. The van der Waals surface area contributed by atoms with Crippen LogP contribution in [0.3, 0.4) is 0 Å². The summed E-state index contributed by atoms with van der Waals surface area (Å²) in [5.74, 6) is -0.211. The Kier molecular flexibility index (Phi) is 4.20. The molecule has 4 heteroatoms. The zero-order valence-corrected chi connectivity index (χ0v) is 11.6. The van der Waals surface area contributed by atoms with E-state index in [1.165, 1.54) is 7.11 Å². The molecule has 0 saturated carbocycles. The maximum absolute atomic E-state index is 11.5. The third-order valence-electron chi connectivity index (χ3n) is 2.83. The van der Waals surface area contributed by atoms with Crippen molar-refractivity contribution in [1.82, 2.24) is 4.57 Å². The molecule has 0 bridgehead atoms. The van der Waals surface area contributed by atoms with Crippen molar-refractivity contribution in [3.8, 4) is 0 Å². The van der Waals surface area contributed by atoms with Crippen molar-refractivity contribution in [2.45, 2.75) is 12.5 Å². The second kappa shape index (κ2) is 5.87. The van der Waals surface area contributed by atoms with Crippen LogP contribution in [0.5, 0.6) is 0 Å². The monoisotopic (exact) mass is 307 g/mol. The van der Waals surface area contributed by atoms with E-state index in [1.54, 1.807) is 0 Å². The number of methoxy groups -OCH3 is 1. The fourth-order valence-electron chi connectivity index (χ4n) is 1.88. The van der Waals surface area contributed by atoms with Gasteiger partial charge >= 0.3 is 5.97 Å². The maximum atomic E-state index is 11.5. The van der Waals surface area contributed by atoms with Gasteiger partial charge in [-0.3, -0.25) is 4.79 Å². The molecule has 0 amide bonds. The number of rotatable bonds is 4. The highest BCUT2D eigenvalue weighted by atomic mass is 79.9. The van der Waals surface area contributed by atoms with Gasteiger partial charge in [0.1, 0.15) is 0 Å².